The lowest BCUT2D eigenvalue weighted by Gasteiger charge is -2.18. The van der Waals surface area contributed by atoms with Crippen LogP contribution in [-0.2, 0) is 13.1 Å². The maximum absolute atomic E-state index is 5.87. The largest absolute Gasteiger partial charge is 0.354 e. The molecule has 0 radical (unpaired) electrons. The Bertz CT molecular complexity index is 1410. The topological polar surface area (TPSA) is 76.1 Å². The van der Waals surface area contributed by atoms with Crippen LogP contribution in [0.4, 0.5) is 22.7 Å². The molecule has 4 heteroatoms. The van der Waals surface area contributed by atoms with E-state index in [4.69, 9.17) is 11.5 Å². The zero-order valence-electron chi connectivity index (χ0n) is 17.8. The highest BCUT2D eigenvalue weighted by Gasteiger charge is 2.11. The predicted octanol–water partition coefficient (Wildman–Crippen LogP) is 6.40. The molecule has 0 fully saturated rings. The van der Waals surface area contributed by atoms with Gasteiger partial charge in [-0.15, -0.1) is 0 Å². The lowest BCUT2D eigenvalue weighted by Crippen LogP contribution is -2.01. The second kappa shape index (κ2) is 8.71. The Morgan fingerprint density at radius 1 is 0.531 bits per heavy atom. The smallest absolute Gasteiger partial charge is 0.0703 e. The molecule has 0 saturated carbocycles. The highest BCUT2D eigenvalue weighted by atomic mass is 15.0. The van der Waals surface area contributed by atoms with Crippen LogP contribution in [-0.4, -0.2) is 0 Å². The lowest BCUT2D eigenvalue weighted by atomic mass is 10.0. The summed E-state index contributed by atoms with van der Waals surface area (Å²) in [5.41, 5.74) is 17.9. The Morgan fingerprint density at radius 3 is 1.81 bits per heavy atom. The van der Waals surface area contributed by atoms with E-state index in [2.05, 4.69) is 83.4 Å². The third kappa shape index (κ3) is 4.02. The van der Waals surface area contributed by atoms with Gasteiger partial charge in [-0.3, -0.25) is 0 Å². The molecule has 5 rings (SSSR count). The van der Waals surface area contributed by atoms with Gasteiger partial charge in [-0.05, 0) is 69.8 Å². The minimum atomic E-state index is 0.507. The van der Waals surface area contributed by atoms with E-state index in [9.17, 15) is 0 Å². The van der Waals surface area contributed by atoms with Crippen molar-refractivity contribution in [3.63, 3.8) is 0 Å². The summed E-state index contributed by atoms with van der Waals surface area (Å²) in [6.07, 6.45) is 0. The minimum Gasteiger partial charge on any atom is -0.354 e. The van der Waals surface area contributed by atoms with E-state index in [0.717, 1.165) is 39.3 Å². The molecule has 6 N–H and O–H groups in total. The Kier molecular flexibility index (Phi) is 5.46. The number of anilines is 4. The fourth-order valence-corrected chi connectivity index (χ4v) is 4.10. The summed E-state index contributed by atoms with van der Waals surface area (Å²) < 4.78 is 0. The van der Waals surface area contributed by atoms with Crippen molar-refractivity contribution in [2.75, 3.05) is 10.6 Å². The molecule has 0 amide bonds. The molecular weight excluding hydrogens is 392 g/mol. The van der Waals surface area contributed by atoms with E-state index >= 15 is 0 Å². The van der Waals surface area contributed by atoms with E-state index in [1.807, 2.05) is 24.3 Å². The third-order valence-corrected chi connectivity index (χ3v) is 5.76. The fourth-order valence-electron chi connectivity index (χ4n) is 4.10. The minimum absolute atomic E-state index is 0.507. The van der Waals surface area contributed by atoms with E-state index < -0.39 is 0 Å². The van der Waals surface area contributed by atoms with Crippen LogP contribution in [0.2, 0.25) is 0 Å². The highest BCUT2D eigenvalue weighted by molar-refractivity contribution is 6.08. The van der Waals surface area contributed by atoms with Crippen LogP contribution in [0, 0.1) is 0 Å². The molecule has 0 unspecified atom stereocenters. The molecule has 0 aliphatic heterocycles. The van der Waals surface area contributed by atoms with Crippen LogP contribution in [0.5, 0.6) is 0 Å². The number of nitrogens with two attached hydrogens (primary N) is 2. The molecule has 0 aliphatic carbocycles. The van der Waals surface area contributed by atoms with Gasteiger partial charge < -0.3 is 22.1 Å². The van der Waals surface area contributed by atoms with Crippen molar-refractivity contribution in [2.24, 2.45) is 11.5 Å². The molecule has 0 bridgehead atoms. The molecule has 0 aliphatic rings. The van der Waals surface area contributed by atoms with Crippen molar-refractivity contribution in [3.8, 4) is 0 Å². The van der Waals surface area contributed by atoms with Gasteiger partial charge >= 0.3 is 0 Å². The molecule has 158 valence electrons. The normalized spacial score (nSPS) is 11.1. The van der Waals surface area contributed by atoms with E-state index in [-0.39, 0.29) is 0 Å². The van der Waals surface area contributed by atoms with E-state index in [1.54, 1.807) is 0 Å². The van der Waals surface area contributed by atoms with Crippen molar-refractivity contribution >= 4 is 44.3 Å². The van der Waals surface area contributed by atoms with Crippen LogP contribution in [0.3, 0.4) is 0 Å². The summed E-state index contributed by atoms with van der Waals surface area (Å²) in [4.78, 5) is 0. The molecule has 0 saturated heterocycles. The standard InChI is InChI=1S/C28H26N4/c29-17-19-5-3-9-24(13-19)31-27-12-11-23-15-21-7-1-2-8-22(21)16-26(23)28(27)32-25-10-4-6-20(14-25)18-30/h1-16,31-32H,17-18,29-30H2. The first-order chi connectivity index (χ1) is 15.7. The van der Waals surface area contributed by atoms with Crippen LogP contribution in [0.25, 0.3) is 21.5 Å². The Hall–Kier alpha value is -3.86. The Morgan fingerprint density at radius 2 is 1.16 bits per heavy atom. The quantitative estimate of drug-likeness (QED) is 0.241. The maximum Gasteiger partial charge on any atom is 0.0703 e. The average molecular weight is 419 g/mol. The van der Waals surface area contributed by atoms with Gasteiger partial charge in [0.25, 0.3) is 0 Å². The number of rotatable bonds is 6. The molecule has 0 aromatic heterocycles. The van der Waals surface area contributed by atoms with Crippen molar-refractivity contribution < 1.29 is 0 Å². The van der Waals surface area contributed by atoms with Gasteiger partial charge in [0.2, 0.25) is 0 Å². The summed E-state index contributed by atoms with van der Waals surface area (Å²) in [5.74, 6) is 0. The van der Waals surface area contributed by atoms with Crippen molar-refractivity contribution in [1.29, 1.82) is 0 Å². The molecule has 0 spiro atoms. The van der Waals surface area contributed by atoms with Crippen LogP contribution < -0.4 is 22.1 Å². The molecule has 5 aromatic carbocycles. The number of benzene rings is 5. The summed E-state index contributed by atoms with van der Waals surface area (Å²) >= 11 is 0. The van der Waals surface area contributed by atoms with Crippen LogP contribution >= 0.6 is 0 Å². The van der Waals surface area contributed by atoms with Gasteiger partial charge in [0.1, 0.15) is 0 Å². The van der Waals surface area contributed by atoms with Gasteiger partial charge in [0.05, 0.1) is 11.4 Å². The molecule has 4 nitrogen and oxygen atoms in total. The number of nitrogens with one attached hydrogen (secondary N) is 2. The number of hydrogen-bond donors (Lipinski definition) is 4. The van der Waals surface area contributed by atoms with Crippen molar-refractivity contribution in [2.45, 2.75) is 13.1 Å². The number of fused-ring (bicyclic) bond motifs is 2. The Balaban J connectivity index is 1.67. The van der Waals surface area contributed by atoms with Crippen LogP contribution in [0.1, 0.15) is 11.1 Å². The summed E-state index contributed by atoms with van der Waals surface area (Å²) in [6.45, 7) is 1.02. The van der Waals surface area contributed by atoms with Gasteiger partial charge in [-0.2, -0.15) is 0 Å². The van der Waals surface area contributed by atoms with E-state index in [1.165, 1.54) is 16.2 Å². The predicted molar refractivity (Wildman–Crippen MR) is 137 cm³/mol. The first kappa shape index (κ1) is 20.1. The lowest BCUT2D eigenvalue weighted by molar-refractivity contribution is 1.07. The van der Waals surface area contributed by atoms with Gasteiger partial charge in [0, 0.05) is 29.9 Å². The van der Waals surface area contributed by atoms with Crippen molar-refractivity contribution in [3.05, 3.63) is 108 Å². The highest BCUT2D eigenvalue weighted by Crippen LogP contribution is 2.37. The van der Waals surface area contributed by atoms with Gasteiger partial charge in [0.15, 0.2) is 0 Å². The molecule has 0 atom stereocenters. The van der Waals surface area contributed by atoms with Gasteiger partial charge in [-0.25, -0.2) is 0 Å². The molecular formula is C28H26N4. The van der Waals surface area contributed by atoms with Gasteiger partial charge in [-0.1, -0.05) is 54.6 Å². The second-order valence-corrected chi connectivity index (χ2v) is 7.97. The zero-order chi connectivity index (χ0) is 21.9. The third-order valence-electron chi connectivity index (χ3n) is 5.76. The molecule has 0 heterocycles. The first-order valence-corrected chi connectivity index (χ1v) is 10.8. The summed E-state index contributed by atoms with van der Waals surface area (Å²) in [7, 11) is 0. The second-order valence-electron chi connectivity index (χ2n) is 7.97. The average Bonchev–Trinajstić information content (AvgIpc) is 2.84. The zero-order valence-corrected chi connectivity index (χ0v) is 17.8. The van der Waals surface area contributed by atoms with E-state index in [0.29, 0.717) is 13.1 Å². The fraction of sp³-hybridized carbons (Fsp3) is 0.0714. The first-order valence-electron chi connectivity index (χ1n) is 10.8. The molecule has 32 heavy (non-hydrogen) atoms. The molecule has 5 aromatic rings. The van der Waals surface area contributed by atoms with Crippen molar-refractivity contribution in [1.82, 2.24) is 0 Å². The van der Waals surface area contributed by atoms with Crippen LogP contribution in [0.15, 0.2) is 97.1 Å². The maximum atomic E-state index is 5.87. The summed E-state index contributed by atoms with van der Waals surface area (Å²) in [5, 5.41) is 12.0. The SMILES string of the molecule is NCc1cccc(Nc2ccc3cc4ccccc4cc3c2Nc2cccc(CN)c2)c1. The monoisotopic (exact) mass is 418 g/mol. The Labute approximate surface area is 187 Å². The summed E-state index contributed by atoms with van der Waals surface area (Å²) in [6, 6.07) is 33.7. The number of hydrogen-bond acceptors (Lipinski definition) is 4.